The molecular formula is C16H13FN4O3. The van der Waals surface area contributed by atoms with Gasteiger partial charge < -0.3 is 10.4 Å². The van der Waals surface area contributed by atoms with Crippen LogP contribution in [0.5, 0.6) is 0 Å². The molecule has 0 aliphatic rings. The minimum absolute atomic E-state index is 0.257. The number of rotatable bonds is 4. The summed E-state index contributed by atoms with van der Waals surface area (Å²) < 4.78 is 13.9. The number of aliphatic carboxylic acids is 1. The maximum absolute atomic E-state index is 13.9. The number of aromatic nitrogens is 2. The quantitative estimate of drug-likeness (QED) is 0.590. The zero-order chi connectivity index (χ0) is 17.1. The van der Waals surface area contributed by atoms with Crippen LogP contribution in [0.2, 0.25) is 0 Å². The van der Waals surface area contributed by atoms with Crippen LogP contribution < -0.4 is 10.6 Å². The van der Waals surface area contributed by atoms with Gasteiger partial charge in [0.1, 0.15) is 12.4 Å². The van der Waals surface area contributed by atoms with E-state index in [2.05, 4.69) is 20.8 Å². The molecule has 2 amide bonds. The molecule has 7 nitrogen and oxygen atoms in total. The molecule has 122 valence electrons. The van der Waals surface area contributed by atoms with Crippen molar-refractivity contribution in [1.82, 2.24) is 15.5 Å². The number of aromatic amines is 1. The van der Waals surface area contributed by atoms with Crippen LogP contribution in [-0.2, 0) is 4.79 Å². The molecule has 4 N–H and O–H groups in total. The number of nitrogens with zero attached hydrogens (tertiary/aromatic N) is 1. The molecule has 0 radical (unpaired) electrons. The predicted octanol–water partition coefficient (Wildman–Crippen LogP) is 2.58. The monoisotopic (exact) mass is 328 g/mol. The van der Waals surface area contributed by atoms with Crippen LogP contribution in [0.4, 0.5) is 15.0 Å². The summed E-state index contributed by atoms with van der Waals surface area (Å²) in [5.41, 5.74) is 1.75. The molecule has 1 heterocycles. The number of urea groups is 1. The fraction of sp³-hybridized carbons (Fsp3) is 0.0625. The lowest BCUT2D eigenvalue weighted by Crippen LogP contribution is -2.33. The second kappa shape index (κ2) is 6.37. The summed E-state index contributed by atoms with van der Waals surface area (Å²) in [4.78, 5) is 22.0. The lowest BCUT2D eigenvalue weighted by molar-refractivity contribution is -0.135. The number of fused-ring (bicyclic) bond motifs is 1. The minimum atomic E-state index is -1.15. The van der Waals surface area contributed by atoms with Crippen LogP contribution in [0, 0.1) is 5.82 Å². The van der Waals surface area contributed by atoms with Gasteiger partial charge in [0.15, 0.2) is 5.82 Å². The molecule has 3 rings (SSSR count). The van der Waals surface area contributed by atoms with Crippen molar-refractivity contribution in [2.75, 3.05) is 11.9 Å². The van der Waals surface area contributed by atoms with E-state index < -0.39 is 18.5 Å². The standard InChI is InChI=1S/C16H13FN4O3/c17-12-4-2-1-3-10(12)9-5-6-11-13(7-9)20-21-15(11)19-16(24)18-8-14(22)23/h1-7H,8H2,(H,22,23)(H3,18,19,20,21,24). The molecule has 8 heteroatoms. The Labute approximate surface area is 135 Å². The summed E-state index contributed by atoms with van der Waals surface area (Å²) in [6.07, 6.45) is 0. The SMILES string of the molecule is O=C(O)CNC(=O)Nc1n[nH]c2cc(-c3ccccc3F)ccc12. The molecule has 24 heavy (non-hydrogen) atoms. The van der Waals surface area contributed by atoms with Crippen LogP contribution >= 0.6 is 0 Å². The fourth-order valence-corrected chi connectivity index (χ4v) is 2.29. The molecule has 3 aromatic rings. The molecule has 0 saturated carbocycles. The summed E-state index contributed by atoms with van der Waals surface area (Å²) in [7, 11) is 0. The van der Waals surface area contributed by atoms with Gasteiger partial charge in [0, 0.05) is 10.9 Å². The Morgan fingerprint density at radius 3 is 2.75 bits per heavy atom. The number of halogens is 1. The van der Waals surface area contributed by atoms with Crippen LogP contribution in [0.15, 0.2) is 42.5 Å². The predicted molar refractivity (Wildman–Crippen MR) is 86.1 cm³/mol. The number of carboxylic acids is 1. The smallest absolute Gasteiger partial charge is 0.323 e. The number of carboxylic acid groups (broad SMARTS) is 1. The van der Waals surface area contributed by atoms with Crippen molar-refractivity contribution < 1.29 is 19.1 Å². The van der Waals surface area contributed by atoms with Gasteiger partial charge >= 0.3 is 12.0 Å². The van der Waals surface area contributed by atoms with E-state index in [0.717, 1.165) is 0 Å². The van der Waals surface area contributed by atoms with Crippen molar-refractivity contribution in [3.05, 3.63) is 48.3 Å². The van der Waals surface area contributed by atoms with Crippen molar-refractivity contribution in [3.8, 4) is 11.1 Å². The molecule has 0 fully saturated rings. The Kier molecular flexibility index (Phi) is 4.11. The van der Waals surface area contributed by atoms with Crippen LogP contribution in [0.25, 0.3) is 22.0 Å². The largest absolute Gasteiger partial charge is 0.480 e. The highest BCUT2D eigenvalue weighted by Gasteiger charge is 2.12. The Bertz CT molecular complexity index is 923. The number of carbonyl (C=O) groups is 2. The van der Waals surface area contributed by atoms with Crippen LogP contribution in [-0.4, -0.2) is 33.8 Å². The first-order valence-electron chi connectivity index (χ1n) is 7.04. The first-order chi connectivity index (χ1) is 11.5. The van der Waals surface area contributed by atoms with E-state index in [9.17, 15) is 14.0 Å². The van der Waals surface area contributed by atoms with Gasteiger partial charge in [-0.2, -0.15) is 5.10 Å². The minimum Gasteiger partial charge on any atom is -0.480 e. The van der Waals surface area contributed by atoms with Crippen LogP contribution in [0.1, 0.15) is 0 Å². The average Bonchev–Trinajstić information content (AvgIpc) is 2.95. The lowest BCUT2D eigenvalue weighted by Gasteiger charge is -2.05. The van der Waals surface area contributed by atoms with Crippen molar-refractivity contribution in [2.45, 2.75) is 0 Å². The van der Waals surface area contributed by atoms with E-state index in [1.54, 1.807) is 36.4 Å². The Hall–Kier alpha value is -3.42. The van der Waals surface area contributed by atoms with Gasteiger partial charge in [-0.15, -0.1) is 0 Å². The zero-order valence-corrected chi connectivity index (χ0v) is 12.3. The molecule has 0 bridgehead atoms. The maximum atomic E-state index is 13.9. The topological polar surface area (TPSA) is 107 Å². The number of amides is 2. The Morgan fingerprint density at radius 1 is 1.21 bits per heavy atom. The van der Waals surface area contributed by atoms with Gasteiger partial charge in [-0.05, 0) is 23.8 Å². The van der Waals surface area contributed by atoms with E-state index in [1.807, 2.05) is 0 Å². The van der Waals surface area contributed by atoms with Gasteiger partial charge in [0.05, 0.1) is 5.52 Å². The van der Waals surface area contributed by atoms with Gasteiger partial charge in [0.25, 0.3) is 0 Å². The van der Waals surface area contributed by atoms with Gasteiger partial charge in [-0.25, -0.2) is 9.18 Å². The Balaban J connectivity index is 1.85. The number of anilines is 1. The van der Waals surface area contributed by atoms with Gasteiger partial charge in [0.2, 0.25) is 0 Å². The number of H-pyrrole nitrogens is 1. The number of benzene rings is 2. The molecule has 2 aromatic carbocycles. The molecule has 0 unspecified atom stereocenters. The van der Waals surface area contributed by atoms with Crippen LogP contribution in [0.3, 0.4) is 0 Å². The van der Waals surface area contributed by atoms with Crippen molar-refractivity contribution >= 4 is 28.7 Å². The third-order valence-electron chi connectivity index (χ3n) is 3.38. The summed E-state index contributed by atoms with van der Waals surface area (Å²) in [5, 5.41) is 20.5. The molecular weight excluding hydrogens is 315 g/mol. The summed E-state index contributed by atoms with van der Waals surface area (Å²) in [6.45, 7) is -0.494. The highest BCUT2D eigenvalue weighted by molar-refractivity contribution is 6.00. The Morgan fingerprint density at radius 2 is 2.00 bits per heavy atom. The summed E-state index contributed by atoms with van der Waals surface area (Å²) >= 11 is 0. The molecule has 0 saturated heterocycles. The van der Waals surface area contributed by atoms with E-state index in [-0.39, 0.29) is 11.6 Å². The normalized spacial score (nSPS) is 10.5. The maximum Gasteiger partial charge on any atom is 0.323 e. The first kappa shape index (κ1) is 15.5. The molecule has 0 spiro atoms. The van der Waals surface area contributed by atoms with E-state index in [4.69, 9.17) is 5.11 Å². The van der Waals surface area contributed by atoms with Crippen molar-refractivity contribution in [1.29, 1.82) is 0 Å². The van der Waals surface area contributed by atoms with E-state index in [1.165, 1.54) is 6.07 Å². The molecule has 1 aromatic heterocycles. The fourth-order valence-electron chi connectivity index (χ4n) is 2.29. The average molecular weight is 328 g/mol. The van der Waals surface area contributed by atoms with Crippen molar-refractivity contribution in [2.24, 2.45) is 0 Å². The highest BCUT2D eigenvalue weighted by atomic mass is 19.1. The number of hydrogen-bond donors (Lipinski definition) is 4. The number of nitrogens with one attached hydrogen (secondary N) is 3. The molecule has 0 atom stereocenters. The van der Waals surface area contributed by atoms with Gasteiger partial charge in [-0.1, -0.05) is 24.3 Å². The summed E-state index contributed by atoms with van der Waals surface area (Å²) in [5.74, 6) is -1.22. The third kappa shape index (κ3) is 3.17. The second-order valence-corrected chi connectivity index (χ2v) is 5.01. The second-order valence-electron chi connectivity index (χ2n) is 5.01. The molecule has 0 aliphatic heterocycles. The van der Waals surface area contributed by atoms with Gasteiger partial charge in [-0.3, -0.25) is 15.2 Å². The number of hydrogen-bond acceptors (Lipinski definition) is 3. The first-order valence-corrected chi connectivity index (χ1v) is 7.04. The summed E-state index contributed by atoms with van der Waals surface area (Å²) in [6, 6.07) is 10.9. The molecule has 0 aliphatic carbocycles. The zero-order valence-electron chi connectivity index (χ0n) is 12.3. The van der Waals surface area contributed by atoms with E-state index in [0.29, 0.717) is 22.0 Å². The van der Waals surface area contributed by atoms with Crippen molar-refractivity contribution in [3.63, 3.8) is 0 Å². The van der Waals surface area contributed by atoms with E-state index >= 15 is 0 Å². The highest BCUT2D eigenvalue weighted by Crippen LogP contribution is 2.28. The lowest BCUT2D eigenvalue weighted by atomic mass is 10.0. The number of carbonyl (C=O) groups excluding carboxylic acids is 1. The third-order valence-corrected chi connectivity index (χ3v) is 3.38.